The zero-order chi connectivity index (χ0) is 16.4. The van der Waals surface area contributed by atoms with Crippen molar-refractivity contribution in [3.05, 3.63) is 29.3 Å². The number of carbonyl (C=O) groups is 1. The molecule has 0 saturated carbocycles. The molecule has 2 aliphatic rings. The molecule has 1 fully saturated rings. The van der Waals surface area contributed by atoms with Crippen LogP contribution in [0.5, 0.6) is 0 Å². The molecule has 0 aliphatic carbocycles. The van der Waals surface area contributed by atoms with E-state index in [-0.39, 0.29) is 6.09 Å². The van der Waals surface area contributed by atoms with Crippen LogP contribution in [0.25, 0.3) is 0 Å². The summed E-state index contributed by atoms with van der Waals surface area (Å²) in [6.07, 6.45) is 1.90. The zero-order valence-corrected chi connectivity index (χ0v) is 15.0. The number of fused-ring (bicyclic) bond motifs is 1. The molecule has 3 rings (SSSR count). The average Bonchev–Trinajstić information content (AvgIpc) is 3.12. The maximum Gasteiger partial charge on any atom is 0.414 e. The Morgan fingerprint density at radius 2 is 2.26 bits per heavy atom. The number of nitrogens with one attached hydrogen (secondary N) is 1. The highest BCUT2D eigenvalue weighted by Gasteiger charge is 2.30. The Morgan fingerprint density at radius 3 is 2.96 bits per heavy atom. The highest BCUT2D eigenvalue weighted by Crippen LogP contribution is 2.33. The Balaban J connectivity index is 1.75. The van der Waals surface area contributed by atoms with Crippen molar-refractivity contribution in [1.82, 2.24) is 5.32 Å². The highest BCUT2D eigenvalue weighted by atomic mass is 32.2. The number of hydrogen-bond acceptors (Lipinski definition) is 4. The van der Waals surface area contributed by atoms with Crippen LogP contribution >= 0.6 is 11.8 Å². The van der Waals surface area contributed by atoms with E-state index in [9.17, 15) is 4.79 Å². The second-order valence-corrected chi connectivity index (χ2v) is 8.40. The molecule has 1 aromatic carbocycles. The van der Waals surface area contributed by atoms with Crippen LogP contribution in [-0.4, -0.2) is 35.8 Å². The lowest BCUT2D eigenvalue weighted by Crippen LogP contribution is -2.36. The van der Waals surface area contributed by atoms with E-state index >= 15 is 0 Å². The largest absolute Gasteiger partial charge is 0.443 e. The molecule has 0 radical (unpaired) electrons. The summed E-state index contributed by atoms with van der Waals surface area (Å²) in [6, 6.07) is 6.93. The molecule has 1 N–H and O–H groups in total. The van der Waals surface area contributed by atoms with E-state index in [1.54, 1.807) is 4.90 Å². The first-order valence-corrected chi connectivity index (χ1v) is 9.52. The number of benzene rings is 1. The SMILES string of the molecule is CC(C)(C)OC(=O)N1CCc2cccc(CNC3CCSC3)c21. The lowest BCUT2D eigenvalue weighted by molar-refractivity contribution is 0.0583. The molecule has 1 saturated heterocycles. The maximum absolute atomic E-state index is 12.5. The van der Waals surface area contributed by atoms with Gasteiger partial charge in [-0.05, 0) is 50.5 Å². The van der Waals surface area contributed by atoms with Gasteiger partial charge in [0.05, 0.1) is 5.69 Å². The fourth-order valence-corrected chi connectivity index (χ4v) is 4.32. The second kappa shape index (κ2) is 6.73. The number of anilines is 1. The molecule has 1 aromatic rings. The number of para-hydroxylation sites is 1. The fraction of sp³-hybridized carbons (Fsp3) is 0.611. The highest BCUT2D eigenvalue weighted by molar-refractivity contribution is 7.99. The van der Waals surface area contributed by atoms with Gasteiger partial charge < -0.3 is 10.1 Å². The van der Waals surface area contributed by atoms with Crippen LogP contribution in [0.15, 0.2) is 18.2 Å². The normalized spacial score (nSPS) is 20.7. The van der Waals surface area contributed by atoms with Crippen LogP contribution in [0.2, 0.25) is 0 Å². The van der Waals surface area contributed by atoms with Gasteiger partial charge in [-0.15, -0.1) is 0 Å². The maximum atomic E-state index is 12.5. The molecule has 2 aliphatic heterocycles. The number of carbonyl (C=O) groups excluding carboxylic acids is 1. The van der Waals surface area contributed by atoms with Gasteiger partial charge in [0.2, 0.25) is 0 Å². The van der Waals surface area contributed by atoms with Crippen molar-refractivity contribution in [1.29, 1.82) is 0 Å². The smallest absolute Gasteiger partial charge is 0.414 e. The molecular formula is C18H26N2O2S. The Labute approximate surface area is 143 Å². The summed E-state index contributed by atoms with van der Waals surface area (Å²) in [5.41, 5.74) is 3.03. The third kappa shape index (κ3) is 4.01. The number of hydrogen-bond donors (Lipinski definition) is 1. The number of rotatable bonds is 3. The summed E-state index contributed by atoms with van der Waals surface area (Å²) in [5.74, 6) is 2.43. The third-order valence-corrected chi connectivity index (χ3v) is 5.37. The van der Waals surface area contributed by atoms with Crippen molar-refractivity contribution < 1.29 is 9.53 Å². The summed E-state index contributed by atoms with van der Waals surface area (Å²) < 4.78 is 5.57. The van der Waals surface area contributed by atoms with Crippen LogP contribution in [0.4, 0.5) is 10.5 Å². The van der Waals surface area contributed by atoms with E-state index in [0.29, 0.717) is 12.6 Å². The van der Waals surface area contributed by atoms with Crippen LogP contribution in [-0.2, 0) is 17.7 Å². The van der Waals surface area contributed by atoms with Gasteiger partial charge in [-0.3, -0.25) is 4.90 Å². The molecule has 1 atom stereocenters. The summed E-state index contributed by atoms with van der Waals surface area (Å²) >= 11 is 2.01. The monoisotopic (exact) mass is 334 g/mol. The second-order valence-electron chi connectivity index (χ2n) is 7.25. The average molecular weight is 334 g/mol. The van der Waals surface area contributed by atoms with Crippen LogP contribution < -0.4 is 10.2 Å². The van der Waals surface area contributed by atoms with Crippen LogP contribution in [0, 0.1) is 0 Å². The van der Waals surface area contributed by atoms with Gasteiger partial charge in [0.25, 0.3) is 0 Å². The van der Waals surface area contributed by atoms with E-state index < -0.39 is 5.60 Å². The Morgan fingerprint density at radius 1 is 1.43 bits per heavy atom. The predicted molar refractivity (Wildman–Crippen MR) is 96.3 cm³/mol. The Kier molecular flexibility index (Phi) is 4.87. The molecule has 1 unspecified atom stereocenters. The van der Waals surface area contributed by atoms with E-state index in [1.165, 1.54) is 29.1 Å². The Bertz CT molecular complexity index is 577. The molecule has 0 aromatic heterocycles. The predicted octanol–water partition coefficient (Wildman–Crippen LogP) is 3.58. The van der Waals surface area contributed by atoms with Gasteiger partial charge in [-0.1, -0.05) is 18.2 Å². The fourth-order valence-electron chi connectivity index (χ4n) is 3.13. The summed E-state index contributed by atoms with van der Waals surface area (Å²) in [4.78, 5) is 14.3. The molecule has 0 spiro atoms. The van der Waals surface area contributed by atoms with Gasteiger partial charge >= 0.3 is 6.09 Å². The van der Waals surface area contributed by atoms with E-state index in [4.69, 9.17) is 4.74 Å². The number of ether oxygens (including phenoxy) is 1. The molecule has 4 nitrogen and oxygen atoms in total. The Hall–Kier alpha value is -1.20. The van der Waals surface area contributed by atoms with Gasteiger partial charge in [0.1, 0.15) is 5.60 Å². The molecule has 5 heteroatoms. The molecule has 1 amide bonds. The van der Waals surface area contributed by atoms with E-state index in [1.807, 2.05) is 32.5 Å². The zero-order valence-electron chi connectivity index (χ0n) is 14.2. The minimum absolute atomic E-state index is 0.236. The molecule has 126 valence electrons. The molecular weight excluding hydrogens is 308 g/mol. The van der Waals surface area contributed by atoms with Gasteiger partial charge in [-0.2, -0.15) is 11.8 Å². The van der Waals surface area contributed by atoms with Crippen molar-refractivity contribution in [3.8, 4) is 0 Å². The van der Waals surface area contributed by atoms with Crippen molar-refractivity contribution in [2.45, 2.75) is 51.8 Å². The minimum atomic E-state index is -0.464. The van der Waals surface area contributed by atoms with E-state index in [0.717, 1.165) is 18.7 Å². The van der Waals surface area contributed by atoms with Gasteiger partial charge in [0, 0.05) is 24.9 Å². The van der Waals surface area contributed by atoms with Gasteiger partial charge in [-0.25, -0.2) is 4.79 Å². The summed E-state index contributed by atoms with van der Waals surface area (Å²) in [6.45, 7) is 7.25. The quantitative estimate of drug-likeness (QED) is 0.917. The van der Waals surface area contributed by atoms with E-state index in [2.05, 4.69) is 23.5 Å². The molecule has 23 heavy (non-hydrogen) atoms. The lowest BCUT2D eigenvalue weighted by atomic mass is 10.1. The first-order valence-electron chi connectivity index (χ1n) is 8.36. The minimum Gasteiger partial charge on any atom is -0.443 e. The number of thioether (sulfide) groups is 1. The number of amides is 1. The third-order valence-electron chi connectivity index (χ3n) is 4.20. The molecule has 0 bridgehead atoms. The lowest BCUT2D eigenvalue weighted by Gasteiger charge is -2.26. The standard InChI is InChI=1S/C18H26N2O2S/c1-18(2,3)22-17(21)20-9-7-13-5-4-6-14(16(13)20)11-19-15-8-10-23-12-15/h4-6,15,19H,7-12H2,1-3H3. The van der Waals surface area contributed by atoms with Crippen molar-refractivity contribution in [3.63, 3.8) is 0 Å². The topological polar surface area (TPSA) is 41.6 Å². The first kappa shape index (κ1) is 16.7. The number of nitrogens with zero attached hydrogens (tertiary/aromatic N) is 1. The first-order chi connectivity index (χ1) is 10.9. The van der Waals surface area contributed by atoms with Crippen LogP contribution in [0.1, 0.15) is 38.3 Å². The van der Waals surface area contributed by atoms with Crippen molar-refractivity contribution in [2.24, 2.45) is 0 Å². The van der Waals surface area contributed by atoms with Crippen molar-refractivity contribution in [2.75, 3.05) is 23.0 Å². The summed E-state index contributed by atoms with van der Waals surface area (Å²) in [5, 5.41) is 3.64. The van der Waals surface area contributed by atoms with Crippen molar-refractivity contribution >= 4 is 23.5 Å². The van der Waals surface area contributed by atoms with Gasteiger partial charge in [0.15, 0.2) is 0 Å². The molecule has 2 heterocycles. The summed E-state index contributed by atoms with van der Waals surface area (Å²) in [7, 11) is 0. The van der Waals surface area contributed by atoms with Crippen LogP contribution in [0.3, 0.4) is 0 Å².